The number of carboxylic acids is 1. The summed E-state index contributed by atoms with van der Waals surface area (Å²) < 4.78 is 38.2. The minimum atomic E-state index is -4.89. The van der Waals surface area contributed by atoms with Crippen molar-refractivity contribution in [3.8, 4) is 0 Å². The fourth-order valence-corrected chi connectivity index (χ4v) is 2.71. The predicted molar refractivity (Wildman–Crippen MR) is 77.3 cm³/mol. The fourth-order valence-electron chi connectivity index (χ4n) is 1.35. The first-order valence-corrected chi connectivity index (χ1v) is 7.45. The van der Waals surface area contributed by atoms with E-state index >= 15 is 0 Å². The Bertz CT molecular complexity index is 528. The molecule has 0 bridgehead atoms. The van der Waals surface area contributed by atoms with Crippen molar-refractivity contribution in [2.24, 2.45) is 0 Å². The van der Waals surface area contributed by atoms with Gasteiger partial charge in [0.25, 0.3) is 0 Å². The lowest BCUT2D eigenvalue weighted by molar-refractivity contribution is -0.205. The smallest absolute Gasteiger partial charge is 0.417 e. The van der Waals surface area contributed by atoms with E-state index in [9.17, 15) is 18.0 Å². The third kappa shape index (κ3) is 4.67. The number of carbonyl (C=O) groups is 1. The zero-order valence-corrected chi connectivity index (χ0v) is 13.1. The molecule has 0 amide bonds. The third-order valence-corrected chi connectivity index (χ3v) is 4.46. The van der Waals surface area contributed by atoms with Gasteiger partial charge >= 0.3 is 12.1 Å². The molecule has 0 heterocycles. The average molecular weight is 362 g/mol. The van der Waals surface area contributed by atoms with E-state index in [0.717, 1.165) is 0 Å². The maximum atomic E-state index is 12.7. The van der Waals surface area contributed by atoms with Crippen LogP contribution in [0.25, 0.3) is 0 Å². The van der Waals surface area contributed by atoms with Crippen LogP contribution < -0.4 is 5.32 Å². The van der Waals surface area contributed by atoms with Crippen LogP contribution in [0.3, 0.4) is 0 Å². The molecule has 21 heavy (non-hydrogen) atoms. The van der Waals surface area contributed by atoms with Gasteiger partial charge in [0.2, 0.25) is 5.54 Å². The highest BCUT2D eigenvalue weighted by Crippen LogP contribution is 2.32. The normalized spacial score (nSPS) is 14.8. The molecule has 0 aliphatic rings. The van der Waals surface area contributed by atoms with Gasteiger partial charge in [-0.25, -0.2) is 4.79 Å². The number of thioether (sulfide) groups is 1. The van der Waals surface area contributed by atoms with Crippen LogP contribution in [0.2, 0.25) is 10.0 Å². The lowest BCUT2D eigenvalue weighted by Gasteiger charge is -2.28. The Labute approximate surface area is 133 Å². The van der Waals surface area contributed by atoms with Gasteiger partial charge in [0.1, 0.15) is 0 Å². The largest absolute Gasteiger partial charge is 0.480 e. The Morgan fingerprint density at radius 3 is 2.52 bits per heavy atom. The lowest BCUT2D eigenvalue weighted by Crippen LogP contribution is -2.60. The Hall–Kier alpha value is -0.630. The number of aliphatic carboxylic acids is 1. The van der Waals surface area contributed by atoms with Crippen LogP contribution in [0.15, 0.2) is 23.1 Å². The van der Waals surface area contributed by atoms with E-state index in [1.165, 1.54) is 11.8 Å². The monoisotopic (exact) mass is 361 g/mol. The van der Waals surface area contributed by atoms with Gasteiger partial charge in [0.15, 0.2) is 0 Å². The minimum Gasteiger partial charge on any atom is -0.480 e. The number of hydrogen-bond donors (Lipinski definition) is 2. The highest BCUT2D eigenvalue weighted by atomic mass is 35.5. The summed E-state index contributed by atoms with van der Waals surface area (Å²) in [6.07, 6.45) is -4.89. The van der Waals surface area contributed by atoms with Crippen molar-refractivity contribution >= 4 is 40.9 Å². The second-order valence-electron chi connectivity index (χ2n) is 4.28. The maximum Gasteiger partial charge on any atom is 0.417 e. The van der Waals surface area contributed by atoms with Crippen molar-refractivity contribution in [2.75, 3.05) is 12.3 Å². The third-order valence-electron chi connectivity index (χ3n) is 2.73. The molecular formula is C12H12Cl2F3NO2S. The van der Waals surface area contributed by atoms with Crippen LogP contribution in [0.4, 0.5) is 13.2 Å². The van der Waals surface area contributed by atoms with E-state index < -0.39 is 17.7 Å². The molecule has 118 valence electrons. The van der Waals surface area contributed by atoms with Crippen LogP contribution >= 0.6 is 35.0 Å². The van der Waals surface area contributed by atoms with Crippen LogP contribution in [0.5, 0.6) is 0 Å². The molecule has 1 rings (SSSR count). The summed E-state index contributed by atoms with van der Waals surface area (Å²) in [6, 6.07) is 4.77. The summed E-state index contributed by atoms with van der Waals surface area (Å²) in [5.74, 6) is -1.76. The molecule has 1 unspecified atom stereocenters. The molecule has 0 aliphatic carbocycles. The van der Waals surface area contributed by atoms with E-state index in [1.807, 2.05) is 5.32 Å². The zero-order chi connectivity index (χ0) is 16.3. The van der Waals surface area contributed by atoms with Gasteiger partial charge in [-0.15, -0.1) is 11.8 Å². The molecule has 1 atom stereocenters. The van der Waals surface area contributed by atoms with Crippen LogP contribution in [0.1, 0.15) is 6.92 Å². The van der Waals surface area contributed by atoms with E-state index in [-0.39, 0.29) is 12.3 Å². The Morgan fingerprint density at radius 2 is 2.00 bits per heavy atom. The Morgan fingerprint density at radius 1 is 1.38 bits per heavy atom. The van der Waals surface area contributed by atoms with Gasteiger partial charge in [0.05, 0.1) is 5.02 Å². The summed E-state index contributed by atoms with van der Waals surface area (Å²) in [5.41, 5.74) is -2.98. The summed E-state index contributed by atoms with van der Waals surface area (Å²) >= 11 is 12.9. The van der Waals surface area contributed by atoms with E-state index in [1.54, 1.807) is 18.2 Å². The van der Waals surface area contributed by atoms with Crippen molar-refractivity contribution in [2.45, 2.75) is 23.5 Å². The number of alkyl halides is 3. The molecule has 0 saturated carbocycles. The van der Waals surface area contributed by atoms with Crippen molar-refractivity contribution in [3.05, 3.63) is 28.2 Å². The average Bonchev–Trinajstić information content (AvgIpc) is 2.36. The fraction of sp³-hybridized carbons (Fsp3) is 0.417. The Balaban J connectivity index is 2.60. The molecule has 0 saturated heterocycles. The molecule has 0 aliphatic heterocycles. The second-order valence-corrected chi connectivity index (χ2v) is 6.26. The van der Waals surface area contributed by atoms with Gasteiger partial charge in [-0.1, -0.05) is 23.2 Å². The zero-order valence-electron chi connectivity index (χ0n) is 10.8. The van der Waals surface area contributed by atoms with E-state index in [0.29, 0.717) is 21.9 Å². The quantitative estimate of drug-likeness (QED) is 0.592. The number of nitrogens with one attached hydrogen (secondary N) is 1. The Kier molecular flexibility index (Phi) is 6.22. The topological polar surface area (TPSA) is 49.3 Å². The molecule has 0 spiro atoms. The number of rotatable bonds is 6. The van der Waals surface area contributed by atoms with Crippen LogP contribution in [-0.4, -0.2) is 35.1 Å². The molecule has 3 nitrogen and oxygen atoms in total. The lowest BCUT2D eigenvalue weighted by atomic mass is 10.0. The molecule has 0 fully saturated rings. The van der Waals surface area contributed by atoms with Crippen molar-refractivity contribution in [1.29, 1.82) is 0 Å². The maximum absolute atomic E-state index is 12.7. The van der Waals surface area contributed by atoms with Gasteiger partial charge in [-0.05, 0) is 25.1 Å². The number of carboxylic acid groups (broad SMARTS) is 1. The standard InChI is InChI=1S/C12H12Cl2F3NO2S/c1-11(10(19)20,12(15,16)17)18-4-5-21-9-6-7(13)2-3-8(9)14/h2-3,6,18H,4-5H2,1H3,(H,19,20). The number of halogens is 5. The second kappa shape index (κ2) is 7.09. The molecule has 1 aromatic rings. The summed E-state index contributed by atoms with van der Waals surface area (Å²) in [4.78, 5) is 11.4. The summed E-state index contributed by atoms with van der Waals surface area (Å²) in [6.45, 7) is 0.433. The van der Waals surface area contributed by atoms with Crippen LogP contribution in [0, 0.1) is 0 Å². The molecular weight excluding hydrogens is 350 g/mol. The van der Waals surface area contributed by atoms with E-state index in [2.05, 4.69) is 0 Å². The van der Waals surface area contributed by atoms with Gasteiger partial charge in [-0.2, -0.15) is 13.2 Å². The highest BCUT2D eigenvalue weighted by Gasteiger charge is 2.56. The molecule has 0 aromatic heterocycles. The molecule has 9 heteroatoms. The van der Waals surface area contributed by atoms with E-state index in [4.69, 9.17) is 28.3 Å². The van der Waals surface area contributed by atoms with Crippen molar-refractivity contribution < 1.29 is 23.1 Å². The summed E-state index contributed by atoms with van der Waals surface area (Å²) in [7, 11) is 0. The number of benzene rings is 1. The molecule has 2 N–H and O–H groups in total. The van der Waals surface area contributed by atoms with Gasteiger partial charge in [-0.3, -0.25) is 5.32 Å². The van der Waals surface area contributed by atoms with Crippen molar-refractivity contribution in [3.63, 3.8) is 0 Å². The van der Waals surface area contributed by atoms with Crippen molar-refractivity contribution in [1.82, 2.24) is 5.32 Å². The first-order chi connectivity index (χ1) is 9.58. The minimum absolute atomic E-state index is 0.157. The first kappa shape index (κ1) is 18.4. The molecule has 1 aromatic carbocycles. The van der Waals surface area contributed by atoms with Gasteiger partial charge in [0, 0.05) is 22.2 Å². The summed E-state index contributed by atoms with van der Waals surface area (Å²) in [5, 5.41) is 11.6. The van der Waals surface area contributed by atoms with Gasteiger partial charge < -0.3 is 5.11 Å². The SMILES string of the molecule is CC(NCCSc1cc(Cl)ccc1Cl)(C(=O)O)C(F)(F)F. The molecule has 0 radical (unpaired) electrons. The van der Waals surface area contributed by atoms with Crippen LogP contribution in [-0.2, 0) is 4.79 Å². The predicted octanol–water partition coefficient (Wildman–Crippen LogP) is 4.08. The number of hydrogen-bond acceptors (Lipinski definition) is 3. The first-order valence-electron chi connectivity index (χ1n) is 5.71. The highest BCUT2D eigenvalue weighted by molar-refractivity contribution is 7.99.